The Bertz CT molecular complexity index is 611. The van der Waals surface area contributed by atoms with E-state index >= 15 is 0 Å². The van der Waals surface area contributed by atoms with E-state index in [-0.39, 0.29) is 0 Å². The predicted molar refractivity (Wildman–Crippen MR) is 102 cm³/mol. The Morgan fingerprint density at radius 3 is 1.77 bits per heavy atom. The van der Waals surface area contributed by atoms with Gasteiger partial charge >= 0.3 is 0 Å². The lowest BCUT2D eigenvalue weighted by atomic mass is 9.90. The van der Waals surface area contributed by atoms with E-state index < -0.39 is 6.04 Å². The molecule has 22 heavy (non-hydrogen) atoms. The maximum atomic E-state index is 6.23. The molecule has 1 aliphatic rings. The number of hydrogen-bond donors (Lipinski definition) is 0. The molecule has 1 aliphatic carbocycles. The fraction of sp³-hybridized carbons (Fsp3) is 0.300. The van der Waals surface area contributed by atoms with Crippen LogP contribution in [0.2, 0.25) is 0 Å². The summed E-state index contributed by atoms with van der Waals surface area (Å²) in [7, 11) is 0. The molecule has 0 bridgehead atoms. The molecule has 2 aromatic carbocycles. The van der Waals surface area contributed by atoms with E-state index in [1.165, 1.54) is 42.7 Å². The number of hydrogen-bond acceptors (Lipinski definition) is 1. The van der Waals surface area contributed by atoms with E-state index in [9.17, 15) is 0 Å². The summed E-state index contributed by atoms with van der Waals surface area (Å²) in [6.07, 6.45) is 9.23. The molecule has 0 aromatic heterocycles. The van der Waals surface area contributed by atoms with Crippen LogP contribution in [0, 0.1) is 5.92 Å². The van der Waals surface area contributed by atoms with Gasteiger partial charge in [0.25, 0.3) is 0 Å². The summed E-state index contributed by atoms with van der Waals surface area (Å²) in [5.74, 6) is 3.10. The van der Waals surface area contributed by atoms with E-state index in [2.05, 4.69) is 72.6 Å². The zero-order chi connectivity index (χ0) is 15.3. The van der Waals surface area contributed by atoms with Crippen molar-refractivity contribution in [1.82, 2.24) is 0 Å². The lowest BCUT2D eigenvalue weighted by Crippen LogP contribution is -2.14. The van der Waals surface area contributed by atoms with Crippen molar-refractivity contribution < 1.29 is 0 Å². The second kappa shape index (κ2) is 7.40. The zero-order valence-electron chi connectivity index (χ0n) is 12.9. The highest BCUT2D eigenvalue weighted by Crippen LogP contribution is 2.46. The quantitative estimate of drug-likeness (QED) is 0.695. The molecule has 0 atom stereocenters. The zero-order valence-corrected chi connectivity index (χ0v) is 14.6. The summed E-state index contributed by atoms with van der Waals surface area (Å²) in [6, 6.07) is 19.5. The molecule has 0 radical (unpaired) electrons. The molecular weight excluding hydrogens is 303 g/mol. The standard InChI is InChI=1S/C20H23PS/c22-21(19-12-6-2-7-13-19,20-14-8-3-9-15-20)17-16-18-10-4-1-5-11-18/h2-3,6-9,12-18H,1,4-5,10-11H2/b17-16-. The third-order valence-electron chi connectivity index (χ3n) is 4.50. The molecule has 0 unspecified atom stereocenters. The fourth-order valence-corrected chi connectivity index (χ4v) is 6.49. The smallest absolute Gasteiger partial charge is 0.0307 e. The largest absolute Gasteiger partial charge is 0.0832 e. The van der Waals surface area contributed by atoms with E-state index in [1.54, 1.807) is 0 Å². The molecule has 0 heterocycles. The SMILES string of the molecule is S=P(/C=C\C1CCCCC1)(c1ccccc1)c1ccccc1. The molecule has 0 amide bonds. The first-order valence-electron chi connectivity index (χ1n) is 8.19. The molecule has 1 saturated carbocycles. The Labute approximate surface area is 139 Å². The van der Waals surface area contributed by atoms with Gasteiger partial charge < -0.3 is 0 Å². The molecule has 0 spiro atoms. The fourth-order valence-electron chi connectivity index (χ4n) is 3.19. The maximum Gasteiger partial charge on any atom is 0.0307 e. The van der Waals surface area contributed by atoms with Crippen LogP contribution in [-0.2, 0) is 11.8 Å². The van der Waals surface area contributed by atoms with Crippen molar-refractivity contribution >= 4 is 28.5 Å². The van der Waals surface area contributed by atoms with Gasteiger partial charge in [0.15, 0.2) is 0 Å². The highest BCUT2D eigenvalue weighted by atomic mass is 32.4. The monoisotopic (exact) mass is 326 g/mol. The molecule has 0 nitrogen and oxygen atoms in total. The Kier molecular flexibility index (Phi) is 5.28. The van der Waals surface area contributed by atoms with E-state index in [0.29, 0.717) is 0 Å². The van der Waals surface area contributed by atoms with Crippen molar-refractivity contribution in [3.63, 3.8) is 0 Å². The first-order valence-corrected chi connectivity index (χ1v) is 11.1. The van der Waals surface area contributed by atoms with Crippen molar-refractivity contribution in [2.45, 2.75) is 32.1 Å². The second-order valence-corrected chi connectivity index (χ2v) is 10.4. The highest BCUT2D eigenvalue weighted by molar-refractivity contribution is 8.23. The van der Waals surface area contributed by atoms with Crippen LogP contribution >= 0.6 is 6.04 Å². The van der Waals surface area contributed by atoms with Gasteiger partial charge in [-0.3, -0.25) is 0 Å². The van der Waals surface area contributed by atoms with Gasteiger partial charge in [0.05, 0.1) is 0 Å². The molecule has 2 aromatic rings. The van der Waals surface area contributed by atoms with Gasteiger partial charge in [0.1, 0.15) is 0 Å². The summed E-state index contributed by atoms with van der Waals surface area (Å²) >= 11 is 6.23. The second-order valence-electron chi connectivity index (χ2n) is 6.07. The average molecular weight is 326 g/mol. The molecule has 0 aliphatic heterocycles. The van der Waals surface area contributed by atoms with Crippen molar-refractivity contribution in [2.75, 3.05) is 0 Å². The van der Waals surface area contributed by atoms with Gasteiger partial charge in [-0.1, -0.05) is 97.8 Å². The molecule has 2 heteroatoms. The third-order valence-corrected chi connectivity index (χ3v) is 8.85. The summed E-state index contributed by atoms with van der Waals surface area (Å²) < 4.78 is 0. The Morgan fingerprint density at radius 1 is 0.773 bits per heavy atom. The third kappa shape index (κ3) is 3.59. The van der Waals surface area contributed by atoms with Crippen LogP contribution in [0.15, 0.2) is 72.6 Å². The van der Waals surface area contributed by atoms with Gasteiger partial charge in [-0.15, -0.1) is 0 Å². The van der Waals surface area contributed by atoms with Gasteiger partial charge in [-0.2, -0.15) is 0 Å². The highest BCUT2D eigenvalue weighted by Gasteiger charge is 2.20. The molecular formula is C20H23PS. The summed E-state index contributed by atoms with van der Waals surface area (Å²) in [5, 5.41) is 2.59. The Morgan fingerprint density at radius 2 is 1.27 bits per heavy atom. The van der Waals surface area contributed by atoms with Crippen LogP contribution in [0.25, 0.3) is 0 Å². The molecule has 1 fully saturated rings. The van der Waals surface area contributed by atoms with Crippen LogP contribution < -0.4 is 10.6 Å². The average Bonchev–Trinajstić information content (AvgIpc) is 2.62. The molecule has 0 saturated heterocycles. The molecule has 3 rings (SSSR count). The van der Waals surface area contributed by atoms with Crippen LogP contribution in [0.1, 0.15) is 32.1 Å². The van der Waals surface area contributed by atoms with Crippen LogP contribution in [0.5, 0.6) is 0 Å². The van der Waals surface area contributed by atoms with Gasteiger partial charge in [0, 0.05) is 6.04 Å². The number of benzene rings is 2. The topological polar surface area (TPSA) is 0 Å². The Hall–Kier alpha value is -1.17. The van der Waals surface area contributed by atoms with Crippen molar-refractivity contribution in [1.29, 1.82) is 0 Å². The van der Waals surface area contributed by atoms with Crippen LogP contribution in [0.4, 0.5) is 0 Å². The van der Waals surface area contributed by atoms with E-state index in [1.807, 2.05) is 0 Å². The van der Waals surface area contributed by atoms with Crippen molar-refractivity contribution in [3.05, 3.63) is 72.6 Å². The summed E-state index contributed by atoms with van der Waals surface area (Å²) in [4.78, 5) is 0. The lowest BCUT2D eigenvalue weighted by molar-refractivity contribution is 0.420. The maximum absolute atomic E-state index is 6.23. The predicted octanol–water partition coefficient (Wildman–Crippen LogP) is 5.21. The molecule has 114 valence electrons. The minimum atomic E-state index is -1.84. The number of rotatable bonds is 4. The first kappa shape index (κ1) is 15.7. The van der Waals surface area contributed by atoms with Crippen LogP contribution in [0.3, 0.4) is 0 Å². The van der Waals surface area contributed by atoms with Crippen LogP contribution in [-0.4, -0.2) is 0 Å². The minimum absolute atomic E-state index is 0.725. The summed E-state index contributed by atoms with van der Waals surface area (Å²) in [6.45, 7) is 0. The lowest BCUT2D eigenvalue weighted by Gasteiger charge is -2.22. The van der Waals surface area contributed by atoms with Gasteiger partial charge in [-0.05, 0) is 35.2 Å². The first-order chi connectivity index (χ1) is 10.8. The van der Waals surface area contributed by atoms with Gasteiger partial charge in [-0.25, -0.2) is 0 Å². The van der Waals surface area contributed by atoms with E-state index in [0.717, 1.165) is 5.92 Å². The minimum Gasteiger partial charge on any atom is -0.0832 e. The number of allylic oxidation sites excluding steroid dienone is 1. The van der Waals surface area contributed by atoms with Crippen molar-refractivity contribution in [2.24, 2.45) is 5.92 Å². The normalized spacial score (nSPS) is 16.9. The Balaban J connectivity index is 1.96. The van der Waals surface area contributed by atoms with Crippen molar-refractivity contribution in [3.8, 4) is 0 Å². The van der Waals surface area contributed by atoms with E-state index in [4.69, 9.17) is 11.8 Å². The molecule has 0 N–H and O–H groups in total. The summed E-state index contributed by atoms with van der Waals surface area (Å²) in [5.41, 5.74) is 0. The van der Waals surface area contributed by atoms with Gasteiger partial charge in [0.2, 0.25) is 0 Å².